The van der Waals surface area contributed by atoms with Crippen LogP contribution in [0.25, 0.3) is 0 Å². The van der Waals surface area contributed by atoms with E-state index in [1.54, 1.807) is 44.2 Å². The molecule has 0 aromatic heterocycles. The van der Waals surface area contributed by atoms with Crippen molar-refractivity contribution in [2.75, 3.05) is 6.61 Å². The predicted molar refractivity (Wildman–Crippen MR) is 89.2 cm³/mol. The van der Waals surface area contributed by atoms with E-state index in [2.05, 4.69) is 0 Å². The molecule has 0 amide bonds. The van der Waals surface area contributed by atoms with Crippen LogP contribution in [0.1, 0.15) is 39.2 Å². The molecule has 0 bridgehead atoms. The van der Waals surface area contributed by atoms with Crippen LogP contribution in [0.5, 0.6) is 0 Å². The van der Waals surface area contributed by atoms with Gasteiger partial charge < -0.3 is 9.84 Å². The number of aliphatic hydroxyl groups is 1. The van der Waals surface area contributed by atoms with Crippen LogP contribution in [0.2, 0.25) is 0 Å². The summed E-state index contributed by atoms with van der Waals surface area (Å²) in [5.41, 5.74) is 0.0815. The lowest BCUT2D eigenvalue weighted by Gasteiger charge is -2.40. The third-order valence-electron chi connectivity index (χ3n) is 3.81. The molecule has 6 heteroatoms. The molecule has 0 aliphatic carbocycles. The molecule has 1 N–H and O–H groups in total. The highest BCUT2D eigenvalue weighted by Crippen LogP contribution is 2.35. The molecule has 0 spiro atoms. The van der Waals surface area contributed by atoms with E-state index >= 15 is 0 Å². The summed E-state index contributed by atoms with van der Waals surface area (Å²) in [5.74, 6) is 0. The van der Waals surface area contributed by atoms with Crippen molar-refractivity contribution in [1.82, 2.24) is 4.31 Å². The van der Waals surface area contributed by atoms with Crippen molar-refractivity contribution in [2.45, 2.75) is 57.3 Å². The Morgan fingerprint density at radius 3 is 2.43 bits per heavy atom. The van der Waals surface area contributed by atoms with E-state index in [0.29, 0.717) is 25.1 Å². The van der Waals surface area contributed by atoms with E-state index in [1.165, 1.54) is 4.31 Å². The quantitative estimate of drug-likeness (QED) is 0.896. The Morgan fingerprint density at radius 2 is 1.91 bits per heavy atom. The Bertz CT molecular complexity index is 672. The number of nitrogens with zero attached hydrogens (tertiary/aromatic N) is 1. The van der Waals surface area contributed by atoms with Gasteiger partial charge in [-0.05, 0) is 52.7 Å². The molecule has 0 fully saturated rings. The molecule has 0 saturated heterocycles. The van der Waals surface area contributed by atoms with Gasteiger partial charge in [-0.25, -0.2) is 12.7 Å². The fraction of sp³-hybridized carbons (Fsp3) is 0.529. The SMILES string of the molecule is CCOC1CCC=C(C(C)(C)O)N1S(=O)(=O)c1ccc(C)cc1. The topological polar surface area (TPSA) is 66.8 Å². The molecule has 0 saturated carbocycles. The standard InChI is InChI=1S/C17H25NO4S/c1-5-22-16-8-6-7-15(17(3,4)19)18(16)23(20,21)14-11-9-13(2)10-12-14/h7,9-12,16,19H,5-6,8H2,1-4H3. The monoisotopic (exact) mass is 339 g/mol. The van der Waals surface area contributed by atoms with Crippen LogP contribution < -0.4 is 0 Å². The van der Waals surface area contributed by atoms with Crippen LogP contribution in [0.15, 0.2) is 40.9 Å². The van der Waals surface area contributed by atoms with Crippen LogP contribution in [0.4, 0.5) is 0 Å². The number of hydrogen-bond donors (Lipinski definition) is 1. The molecule has 1 aliphatic heterocycles. The number of rotatable bonds is 5. The van der Waals surface area contributed by atoms with Crippen molar-refractivity contribution < 1.29 is 18.3 Å². The van der Waals surface area contributed by atoms with Crippen molar-refractivity contribution in [1.29, 1.82) is 0 Å². The Morgan fingerprint density at radius 1 is 1.30 bits per heavy atom. The minimum Gasteiger partial charge on any atom is -0.384 e. The molecular formula is C17H25NO4S. The molecule has 1 heterocycles. The van der Waals surface area contributed by atoms with Crippen molar-refractivity contribution >= 4 is 10.0 Å². The van der Waals surface area contributed by atoms with Crippen LogP contribution in [-0.4, -0.2) is 36.3 Å². The van der Waals surface area contributed by atoms with Crippen molar-refractivity contribution in [2.24, 2.45) is 0 Å². The smallest absolute Gasteiger partial charge is 0.266 e. The summed E-state index contributed by atoms with van der Waals surface area (Å²) < 4.78 is 33.2. The average molecular weight is 339 g/mol. The largest absolute Gasteiger partial charge is 0.384 e. The fourth-order valence-electron chi connectivity index (χ4n) is 2.70. The molecular weight excluding hydrogens is 314 g/mol. The van der Waals surface area contributed by atoms with Crippen molar-refractivity contribution in [3.63, 3.8) is 0 Å². The second-order valence-electron chi connectivity index (χ2n) is 6.25. The molecule has 1 aromatic rings. The van der Waals surface area contributed by atoms with E-state index in [0.717, 1.165) is 5.56 Å². The lowest BCUT2D eigenvalue weighted by atomic mass is 10.0. The van der Waals surface area contributed by atoms with Gasteiger partial charge in [-0.2, -0.15) is 0 Å². The zero-order chi connectivity index (χ0) is 17.3. The van der Waals surface area contributed by atoms with Crippen LogP contribution in [0.3, 0.4) is 0 Å². The summed E-state index contributed by atoms with van der Waals surface area (Å²) >= 11 is 0. The lowest BCUT2D eigenvalue weighted by molar-refractivity contribution is -0.0298. The Labute approximate surface area is 138 Å². The number of benzene rings is 1. The molecule has 128 valence electrons. The van der Waals surface area contributed by atoms with Gasteiger partial charge in [0, 0.05) is 6.61 Å². The lowest BCUT2D eigenvalue weighted by Crippen LogP contribution is -2.48. The molecule has 1 atom stereocenters. The van der Waals surface area contributed by atoms with Gasteiger partial charge in [0.2, 0.25) is 0 Å². The van der Waals surface area contributed by atoms with Gasteiger partial charge >= 0.3 is 0 Å². The molecule has 1 aromatic carbocycles. The molecule has 5 nitrogen and oxygen atoms in total. The normalized spacial score (nSPS) is 19.6. The third-order valence-corrected chi connectivity index (χ3v) is 5.63. The van der Waals surface area contributed by atoms with E-state index in [4.69, 9.17) is 4.74 Å². The minimum atomic E-state index is -3.80. The summed E-state index contributed by atoms with van der Waals surface area (Å²) in [6.07, 6.45) is 2.42. The number of allylic oxidation sites excluding steroid dienone is 1. The highest BCUT2D eigenvalue weighted by Gasteiger charge is 2.40. The molecule has 0 radical (unpaired) electrons. The zero-order valence-electron chi connectivity index (χ0n) is 14.1. The van der Waals surface area contributed by atoms with Crippen molar-refractivity contribution in [3.8, 4) is 0 Å². The number of sulfonamides is 1. The maximum atomic E-state index is 13.1. The highest BCUT2D eigenvalue weighted by atomic mass is 32.2. The Balaban J connectivity index is 2.53. The van der Waals surface area contributed by atoms with Gasteiger partial charge in [0.15, 0.2) is 0 Å². The Hall–Kier alpha value is -1.37. The maximum Gasteiger partial charge on any atom is 0.266 e. The summed E-state index contributed by atoms with van der Waals surface area (Å²) in [7, 11) is -3.80. The minimum absolute atomic E-state index is 0.199. The fourth-order valence-corrected chi connectivity index (χ4v) is 4.44. The van der Waals surface area contributed by atoms with Gasteiger partial charge in [-0.1, -0.05) is 23.8 Å². The second kappa shape index (κ2) is 6.63. The number of hydrogen-bond acceptors (Lipinski definition) is 4. The first kappa shape index (κ1) is 18.0. The molecule has 1 unspecified atom stereocenters. The highest BCUT2D eigenvalue weighted by molar-refractivity contribution is 7.89. The van der Waals surface area contributed by atoms with Crippen molar-refractivity contribution in [3.05, 3.63) is 41.6 Å². The van der Waals surface area contributed by atoms with Gasteiger partial charge in [-0.3, -0.25) is 0 Å². The second-order valence-corrected chi connectivity index (χ2v) is 8.06. The van der Waals surface area contributed by atoms with E-state index in [1.807, 2.05) is 13.8 Å². The zero-order valence-corrected chi connectivity index (χ0v) is 14.9. The van der Waals surface area contributed by atoms with E-state index in [9.17, 15) is 13.5 Å². The van der Waals surface area contributed by atoms with E-state index < -0.39 is 21.9 Å². The molecule has 1 aliphatic rings. The summed E-state index contributed by atoms with van der Waals surface area (Å²) in [6.45, 7) is 7.32. The van der Waals surface area contributed by atoms with Gasteiger partial charge in [-0.15, -0.1) is 0 Å². The first-order chi connectivity index (χ1) is 10.7. The number of aryl methyl sites for hydroxylation is 1. The van der Waals surface area contributed by atoms with Crippen LogP contribution >= 0.6 is 0 Å². The summed E-state index contributed by atoms with van der Waals surface area (Å²) in [6, 6.07) is 6.70. The average Bonchev–Trinajstić information content (AvgIpc) is 2.47. The molecule has 2 rings (SSSR count). The third kappa shape index (κ3) is 3.76. The molecule has 23 heavy (non-hydrogen) atoms. The first-order valence-corrected chi connectivity index (χ1v) is 9.27. The first-order valence-electron chi connectivity index (χ1n) is 7.83. The van der Waals surface area contributed by atoms with Crippen LogP contribution in [0, 0.1) is 6.92 Å². The Kier molecular flexibility index (Phi) is 5.18. The predicted octanol–water partition coefficient (Wildman–Crippen LogP) is 2.80. The van der Waals surface area contributed by atoms with E-state index in [-0.39, 0.29) is 4.90 Å². The van der Waals surface area contributed by atoms with Gasteiger partial charge in [0.05, 0.1) is 16.2 Å². The van der Waals surface area contributed by atoms with Crippen LogP contribution in [-0.2, 0) is 14.8 Å². The van der Waals surface area contributed by atoms with Gasteiger partial charge in [0.1, 0.15) is 6.23 Å². The van der Waals surface area contributed by atoms with Gasteiger partial charge in [0.25, 0.3) is 10.0 Å². The number of ether oxygens (including phenoxy) is 1. The maximum absolute atomic E-state index is 13.1. The summed E-state index contributed by atoms with van der Waals surface area (Å²) in [5, 5.41) is 10.4. The summed E-state index contributed by atoms with van der Waals surface area (Å²) in [4.78, 5) is 0.199.